The number of carbonyl (C=O) groups is 2. The Kier molecular flexibility index (Phi) is 5.27. The quantitative estimate of drug-likeness (QED) is 0.618. The topological polar surface area (TPSA) is 62.3 Å². The van der Waals surface area contributed by atoms with Crippen LogP contribution in [0.5, 0.6) is 0 Å². The van der Waals surface area contributed by atoms with Crippen molar-refractivity contribution < 1.29 is 9.59 Å². The first-order valence-corrected chi connectivity index (χ1v) is 9.12. The molecule has 0 unspecified atom stereocenters. The lowest BCUT2D eigenvalue weighted by molar-refractivity contribution is -0.130. The smallest absolute Gasteiger partial charge is 0.324 e. The Balaban J connectivity index is 1.74. The van der Waals surface area contributed by atoms with Crippen LogP contribution < -0.4 is 5.32 Å². The van der Waals surface area contributed by atoms with Crippen molar-refractivity contribution in [2.75, 3.05) is 12.3 Å². The van der Waals surface area contributed by atoms with Gasteiger partial charge in [-0.05, 0) is 26.7 Å². The first-order chi connectivity index (χ1) is 9.94. The third-order valence-electron chi connectivity index (χ3n) is 3.22. The van der Waals surface area contributed by atoms with E-state index in [0.717, 1.165) is 30.0 Å². The number of thioether (sulfide) groups is 1. The molecule has 0 saturated carbocycles. The van der Waals surface area contributed by atoms with E-state index in [9.17, 15) is 9.59 Å². The van der Waals surface area contributed by atoms with Crippen molar-refractivity contribution in [3.8, 4) is 0 Å². The van der Waals surface area contributed by atoms with Gasteiger partial charge in [-0.25, -0.2) is 9.78 Å². The van der Waals surface area contributed by atoms with Gasteiger partial charge in [0.15, 0.2) is 0 Å². The summed E-state index contributed by atoms with van der Waals surface area (Å²) in [6.07, 6.45) is 2.15. The Morgan fingerprint density at radius 3 is 2.81 bits per heavy atom. The number of hydrogen-bond donors (Lipinski definition) is 1. The molecule has 1 aliphatic rings. The highest BCUT2D eigenvalue weighted by Gasteiger charge is 2.43. The molecule has 1 aliphatic heterocycles. The maximum atomic E-state index is 12.0. The number of imide groups is 1. The van der Waals surface area contributed by atoms with Crippen molar-refractivity contribution in [2.24, 2.45) is 0 Å². The van der Waals surface area contributed by atoms with E-state index in [-0.39, 0.29) is 11.9 Å². The minimum absolute atomic E-state index is 0.146. The van der Waals surface area contributed by atoms with Crippen LogP contribution >= 0.6 is 23.1 Å². The third-order valence-corrected chi connectivity index (χ3v) is 5.15. The molecule has 1 saturated heterocycles. The zero-order valence-electron chi connectivity index (χ0n) is 12.6. The van der Waals surface area contributed by atoms with Gasteiger partial charge in [-0.1, -0.05) is 6.92 Å². The standard InChI is InChI=1S/C14H21N3O2S2/c1-4-5-11-15-10(9-21-11)8-20-7-6-17-12(18)14(2,3)16-13(17)19/h9H,4-8H2,1-3H3,(H,16,19). The Bertz CT molecular complexity index is 528. The number of hydrogen-bond acceptors (Lipinski definition) is 5. The largest absolute Gasteiger partial charge is 0.325 e. The summed E-state index contributed by atoms with van der Waals surface area (Å²) < 4.78 is 0. The Hall–Kier alpha value is -1.08. The van der Waals surface area contributed by atoms with Crippen LogP contribution in [0.25, 0.3) is 0 Å². The van der Waals surface area contributed by atoms with Gasteiger partial charge in [0.25, 0.3) is 5.91 Å². The summed E-state index contributed by atoms with van der Waals surface area (Å²) in [7, 11) is 0. The van der Waals surface area contributed by atoms with Gasteiger partial charge in [-0.3, -0.25) is 9.69 Å². The van der Waals surface area contributed by atoms with Crippen LogP contribution in [0.15, 0.2) is 5.38 Å². The molecule has 1 fully saturated rings. The third kappa shape index (κ3) is 3.97. The summed E-state index contributed by atoms with van der Waals surface area (Å²) in [6.45, 7) is 6.05. The van der Waals surface area contributed by atoms with Gasteiger partial charge in [-0.2, -0.15) is 11.8 Å². The van der Waals surface area contributed by atoms with Crippen LogP contribution in [0.1, 0.15) is 37.9 Å². The maximum Gasteiger partial charge on any atom is 0.325 e. The zero-order valence-corrected chi connectivity index (χ0v) is 14.3. The number of nitrogens with one attached hydrogen (secondary N) is 1. The lowest BCUT2D eigenvalue weighted by Crippen LogP contribution is -2.40. The van der Waals surface area contributed by atoms with Crippen molar-refractivity contribution in [3.63, 3.8) is 0 Å². The van der Waals surface area contributed by atoms with Crippen LogP contribution in [-0.2, 0) is 17.0 Å². The minimum atomic E-state index is -0.772. The molecule has 2 heterocycles. The summed E-state index contributed by atoms with van der Waals surface area (Å²) in [5.41, 5.74) is 0.317. The van der Waals surface area contributed by atoms with E-state index >= 15 is 0 Å². The number of rotatable bonds is 7. The fourth-order valence-corrected chi connectivity index (χ4v) is 3.92. The molecule has 0 spiro atoms. The second kappa shape index (κ2) is 6.79. The Labute approximate surface area is 133 Å². The normalized spacial score (nSPS) is 17.4. The molecule has 5 nitrogen and oxygen atoms in total. The second-order valence-corrected chi connectivity index (χ2v) is 7.59. The van der Waals surface area contributed by atoms with Crippen molar-refractivity contribution in [2.45, 2.75) is 44.9 Å². The fourth-order valence-electron chi connectivity index (χ4n) is 2.10. The van der Waals surface area contributed by atoms with Gasteiger partial charge >= 0.3 is 6.03 Å². The van der Waals surface area contributed by atoms with Crippen LogP contribution in [0.4, 0.5) is 4.79 Å². The highest BCUT2D eigenvalue weighted by molar-refractivity contribution is 7.98. The van der Waals surface area contributed by atoms with Gasteiger partial charge in [-0.15, -0.1) is 11.3 Å². The molecule has 1 N–H and O–H groups in total. The number of urea groups is 1. The molecular formula is C14H21N3O2S2. The molecule has 1 aromatic heterocycles. The van der Waals surface area contributed by atoms with E-state index in [2.05, 4.69) is 22.6 Å². The van der Waals surface area contributed by atoms with Gasteiger partial charge in [0.2, 0.25) is 0 Å². The number of nitrogens with zero attached hydrogens (tertiary/aromatic N) is 2. The van der Waals surface area contributed by atoms with E-state index in [0.29, 0.717) is 6.54 Å². The molecule has 2 rings (SSSR count). The number of aryl methyl sites for hydroxylation is 1. The first kappa shape index (κ1) is 16.3. The van der Waals surface area contributed by atoms with Crippen LogP contribution in [-0.4, -0.2) is 39.7 Å². The van der Waals surface area contributed by atoms with Crippen molar-refractivity contribution in [3.05, 3.63) is 16.1 Å². The lowest BCUT2D eigenvalue weighted by atomic mass is 10.1. The number of thiazole rings is 1. The molecule has 21 heavy (non-hydrogen) atoms. The number of carbonyl (C=O) groups excluding carboxylic acids is 2. The van der Waals surface area contributed by atoms with Gasteiger partial charge in [0.1, 0.15) is 5.54 Å². The summed E-state index contributed by atoms with van der Waals surface area (Å²) in [5, 5.41) is 5.96. The molecular weight excluding hydrogens is 306 g/mol. The summed E-state index contributed by atoms with van der Waals surface area (Å²) in [6, 6.07) is -0.288. The molecule has 116 valence electrons. The number of aromatic nitrogens is 1. The predicted octanol–water partition coefficient (Wildman–Crippen LogP) is 2.66. The Morgan fingerprint density at radius 2 is 2.19 bits per heavy atom. The molecule has 0 aliphatic carbocycles. The molecule has 0 atom stereocenters. The van der Waals surface area contributed by atoms with Crippen molar-refractivity contribution >= 4 is 35.0 Å². The van der Waals surface area contributed by atoms with Crippen LogP contribution in [0.2, 0.25) is 0 Å². The zero-order chi connectivity index (χ0) is 15.5. The van der Waals surface area contributed by atoms with Crippen molar-refractivity contribution in [1.82, 2.24) is 15.2 Å². The summed E-state index contributed by atoms with van der Waals surface area (Å²) in [4.78, 5) is 29.6. The monoisotopic (exact) mass is 327 g/mol. The lowest BCUT2D eigenvalue weighted by Gasteiger charge is -2.15. The second-order valence-electron chi connectivity index (χ2n) is 5.55. The summed E-state index contributed by atoms with van der Waals surface area (Å²) in [5.74, 6) is 1.41. The molecule has 7 heteroatoms. The van der Waals surface area contributed by atoms with Crippen LogP contribution in [0, 0.1) is 0 Å². The predicted molar refractivity (Wildman–Crippen MR) is 86.6 cm³/mol. The molecule has 0 bridgehead atoms. The van der Waals surface area contributed by atoms with E-state index in [1.165, 1.54) is 9.91 Å². The average Bonchev–Trinajstić information content (AvgIpc) is 2.92. The highest BCUT2D eigenvalue weighted by Crippen LogP contribution is 2.19. The maximum absolute atomic E-state index is 12.0. The van der Waals surface area contributed by atoms with E-state index in [1.807, 2.05) is 0 Å². The molecule has 0 aromatic carbocycles. The van der Waals surface area contributed by atoms with Gasteiger partial charge in [0, 0.05) is 23.4 Å². The van der Waals surface area contributed by atoms with E-state index in [1.54, 1.807) is 36.9 Å². The highest BCUT2D eigenvalue weighted by atomic mass is 32.2. The van der Waals surface area contributed by atoms with E-state index in [4.69, 9.17) is 0 Å². The van der Waals surface area contributed by atoms with Gasteiger partial charge < -0.3 is 5.32 Å². The average molecular weight is 327 g/mol. The molecule has 3 amide bonds. The molecule has 0 radical (unpaired) electrons. The van der Waals surface area contributed by atoms with Crippen molar-refractivity contribution in [1.29, 1.82) is 0 Å². The Morgan fingerprint density at radius 1 is 1.43 bits per heavy atom. The van der Waals surface area contributed by atoms with Gasteiger partial charge in [0.05, 0.1) is 10.7 Å². The summed E-state index contributed by atoms with van der Waals surface area (Å²) >= 11 is 3.40. The van der Waals surface area contributed by atoms with Crippen LogP contribution in [0.3, 0.4) is 0 Å². The molecule has 1 aromatic rings. The van der Waals surface area contributed by atoms with E-state index < -0.39 is 5.54 Å². The number of amides is 3. The fraction of sp³-hybridized carbons (Fsp3) is 0.643. The minimum Gasteiger partial charge on any atom is -0.324 e. The first-order valence-electron chi connectivity index (χ1n) is 7.09. The SMILES string of the molecule is CCCc1nc(CSCCN2C(=O)NC(C)(C)C2=O)cs1.